The summed E-state index contributed by atoms with van der Waals surface area (Å²) in [5.41, 5.74) is 5.25. The van der Waals surface area contributed by atoms with E-state index in [1.54, 1.807) is 19.1 Å². The number of benzene rings is 3. The summed E-state index contributed by atoms with van der Waals surface area (Å²) < 4.78 is 0. The van der Waals surface area contributed by atoms with Crippen LogP contribution in [-0.4, -0.2) is 23.0 Å². The van der Waals surface area contributed by atoms with E-state index < -0.39 is 5.97 Å². The van der Waals surface area contributed by atoms with Crippen molar-refractivity contribution in [1.29, 1.82) is 0 Å². The van der Waals surface area contributed by atoms with E-state index in [9.17, 15) is 9.59 Å². The quantitative estimate of drug-likeness (QED) is 0.558. The van der Waals surface area contributed by atoms with Gasteiger partial charge < -0.3 is 15.3 Å². The number of hydrogen-bond acceptors (Lipinski definition) is 3. The second-order valence-corrected chi connectivity index (χ2v) is 7.91. The van der Waals surface area contributed by atoms with Crippen molar-refractivity contribution in [2.75, 3.05) is 10.2 Å². The first-order chi connectivity index (χ1) is 15.0. The van der Waals surface area contributed by atoms with Crippen molar-refractivity contribution < 1.29 is 14.7 Å². The number of aromatic carboxylic acids is 1. The molecule has 5 nitrogen and oxygen atoms in total. The fourth-order valence-electron chi connectivity index (χ4n) is 4.39. The van der Waals surface area contributed by atoms with Gasteiger partial charge >= 0.3 is 5.97 Å². The van der Waals surface area contributed by atoms with Crippen LogP contribution in [0.2, 0.25) is 0 Å². The molecule has 0 aromatic heterocycles. The van der Waals surface area contributed by atoms with Crippen molar-refractivity contribution in [2.24, 2.45) is 0 Å². The Kier molecular flexibility index (Phi) is 5.76. The molecule has 2 unspecified atom stereocenters. The van der Waals surface area contributed by atoms with Crippen LogP contribution in [0.4, 0.5) is 11.4 Å². The highest BCUT2D eigenvalue weighted by Gasteiger charge is 2.34. The molecule has 3 aromatic rings. The van der Waals surface area contributed by atoms with Crippen molar-refractivity contribution in [2.45, 2.75) is 38.8 Å². The minimum absolute atomic E-state index is 0.0461. The predicted molar refractivity (Wildman–Crippen MR) is 123 cm³/mol. The van der Waals surface area contributed by atoms with Crippen molar-refractivity contribution in [3.05, 3.63) is 83.9 Å². The van der Waals surface area contributed by atoms with Gasteiger partial charge in [0.2, 0.25) is 5.91 Å². The molecule has 1 amide bonds. The fourth-order valence-corrected chi connectivity index (χ4v) is 4.39. The Morgan fingerprint density at radius 1 is 1.00 bits per heavy atom. The second kappa shape index (κ2) is 8.64. The number of carboxylic acids is 1. The average molecular weight is 415 g/mol. The molecule has 1 aliphatic heterocycles. The number of carbonyl (C=O) groups is 2. The number of nitrogens with zero attached hydrogens (tertiary/aromatic N) is 1. The van der Waals surface area contributed by atoms with E-state index in [1.807, 2.05) is 59.5 Å². The normalized spacial score (nSPS) is 17.7. The van der Waals surface area contributed by atoms with E-state index in [4.69, 9.17) is 5.11 Å². The summed E-state index contributed by atoms with van der Waals surface area (Å²) in [5, 5.41) is 12.8. The molecule has 0 radical (unpaired) electrons. The zero-order valence-electron chi connectivity index (χ0n) is 17.7. The van der Waals surface area contributed by atoms with Crippen LogP contribution in [0, 0.1) is 0 Å². The van der Waals surface area contributed by atoms with Crippen LogP contribution >= 0.6 is 0 Å². The number of carbonyl (C=O) groups excluding carboxylic acids is 1. The number of nitrogens with one attached hydrogen (secondary N) is 1. The number of carboxylic acid groups (broad SMARTS) is 1. The summed E-state index contributed by atoms with van der Waals surface area (Å²) in [6, 6.07) is 23.3. The highest BCUT2D eigenvalue weighted by atomic mass is 16.4. The van der Waals surface area contributed by atoms with Crippen LogP contribution in [-0.2, 0) is 4.79 Å². The van der Waals surface area contributed by atoms with Gasteiger partial charge in [-0.3, -0.25) is 4.79 Å². The van der Waals surface area contributed by atoms with Crippen LogP contribution < -0.4 is 10.2 Å². The number of hydrogen-bond donors (Lipinski definition) is 2. The third-order valence-corrected chi connectivity index (χ3v) is 5.93. The van der Waals surface area contributed by atoms with Gasteiger partial charge in [-0.05, 0) is 65.9 Å². The maximum Gasteiger partial charge on any atom is 0.335 e. The summed E-state index contributed by atoms with van der Waals surface area (Å²) in [4.78, 5) is 25.6. The fraction of sp³-hybridized carbons (Fsp3) is 0.231. The molecule has 0 aliphatic carbocycles. The molecule has 2 atom stereocenters. The lowest BCUT2D eigenvalue weighted by atomic mass is 9.87. The van der Waals surface area contributed by atoms with Crippen molar-refractivity contribution in [1.82, 2.24) is 0 Å². The SMILES string of the molecule is CCC1CC(Nc2ccccc2)c2cc(-c3ccc(C(=O)O)cc3)ccc2N1C(C)=O. The Balaban J connectivity index is 1.77. The molecule has 0 bridgehead atoms. The minimum atomic E-state index is -0.938. The Hall–Kier alpha value is -3.60. The highest BCUT2D eigenvalue weighted by molar-refractivity contribution is 5.94. The minimum Gasteiger partial charge on any atom is -0.478 e. The van der Waals surface area contributed by atoms with E-state index in [-0.39, 0.29) is 23.6 Å². The van der Waals surface area contributed by atoms with Crippen molar-refractivity contribution >= 4 is 23.3 Å². The zero-order valence-corrected chi connectivity index (χ0v) is 17.7. The Morgan fingerprint density at radius 2 is 1.68 bits per heavy atom. The maximum absolute atomic E-state index is 12.5. The lowest BCUT2D eigenvalue weighted by molar-refractivity contribution is -0.117. The number of rotatable bonds is 5. The van der Waals surface area contributed by atoms with E-state index in [1.165, 1.54) is 0 Å². The third kappa shape index (κ3) is 4.17. The van der Waals surface area contributed by atoms with Crippen molar-refractivity contribution in [3.63, 3.8) is 0 Å². The van der Waals surface area contributed by atoms with Gasteiger partial charge in [-0.2, -0.15) is 0 Å². The molecule has 1 heterocycles. The molecule has 158 valence electrons. The van der Waals surface area contributed by atoms with Gasteiger partial charge in [0.15, 0.2) is 0 Å². The summed E-state index contributed by atoms with van der Waals surface area (Å²) >= 11 is 0. The van der Waals surface area contributed by atoms with Crippen LogP contribution in [0.3, 0.4) is 0 Å². The van der Waals surface area contributed by atoms with Gasteiger partial charge in [0.1, 0.15) is 0 Å². The van der Waals surface area contributed by atoms with Gasteiger partial charge in [0, 0.05) is 24.3 Å². The number of fused-ring (bicyclic) bond motifs is 1. The van der Waals surface area contributed by atoms with Crippen LogP contribution in [0.15, 0.2) is 72.8 Å². The number of para-hydroxylation sites is 1. The topological polar surface area (TPSA) is 69.6 Å². The first kappa shape index (κ1) is 20.7. The Morgan fingerprint density at radius 3 is 2.29 bits per heavy atom. The lowest BCUT2D eigenvalue weighted by Gasteiger charge is -2.41. The largest absolute Gasteiger partial charge is 0.478 e. The number of anilines is 2. The maximum atomic E-state index is 12.5. The standard InChI is InChI=1S/C26H26N2O3/c1-3-22-16-24(27-21-7-5-4-6-8-21)23-15-20(13-14-25(23)28(22)17(2)29)18-9-11-19(12-10-18)26(30)31/h4-15,22,24,27H,3,16H2,1-2H3,(H,30,31). The zero-order chi connectivity index (χ0) is 22.0. The summed E-state index contributed by atoms with van der Waals surface area (Å²) in [6.07, 6.45) is 1.70. The van der Waals surface area contributed by atoms with Gasteiger partial charge in [0.05, 0.1) is 11.6 Å². The van der Waals surface area contributed by atoms with Gasteiger partial charge in [-0.15, -0.1) is 0 Å². The molecule has 3 aromatic carbocycles. The Labute approximate surface area is 182 Å². The molecule has 1 aliphatic rings. The van der Waals surface area contributed by atoms with Crippen LogP contribution in [0.5, 0.6) is 0 Å². The van der Waals surface area contributed by atoms with Crippen molar-refractivity contribution in [3.8, 4) is 11.1 Å². The molecule has 5 heteroatoms. The summed E-state index contributed by atoms with van der Waals surface area (Å²) in [5.74, 6) is -0.892. The average Bonchev–Trinajstić information content (AvgIpc) is 2.79. The Bertz CT molecular complexity index is 1090. The summed E-state index contributed by atoms with van der Waals surface area (Å²) in [6.45, 7) is 3.74. The molecule has 0 saturated heterocycles. The number of amides is 1. The third-order valence-electron chi connectivity index (χ3n) is 5.93. The van der Waals surface area contributed by atoms with Crippen LogP contribution in [0.1, 0.15) is 48.7 Å². The second-order valence-electron chi connectivity index (χ2n) is 7.91. The van der Waals surface area contributed by atoms with Gasteiger partial charge in [0.25, 0.3) is 0 Å². The molecule has 0 spiro atoms. The molecular formula is C26H26N2O3. The first-order valence-electron chi connectivity index (χ1n) is 10.6. The molecule has 4 rings (SSSR count). The monoisotopic (exact) mass is 414 g/mol. The lowest BCUT2D eigenvalue weighted by Crippen LogP contribution is -2.44. The first-order valence-corrected chi connectivity index (χ1v) is 10.6. The smallest absolute Gasteiger partial charge is 0.335 e. The molecule has 0 fully saturated rings. The summed E-state index contributed by atoms with van der Waals surface area (Å²) in [7, 11) is 0. The highest BCUT2D eigenvalue weighted by Crippen LogP contribution is 2.42. The molecule has 0 saturated carbocycles. The van der Waals surface area contributed by atoms with Gasteiger partial charge in [-0.1, -0.05) is 43.3 Å². The van der Waals surface area contributed by atoms with Gasteiger partial charge in [-0.25, -0.2) is 4.79 Å². The van der Waals surface area contributed by atoms with E-state index >= 15 is 0 Å². The van der Waals surface area contributed by atoms with E-state index in [0.29, 0.717) is 0 Å². The van der Waals surface area contributed by atoms with E-state index in [0.717, 1.165) is 40.9 Å². The molecule has 31 heavy (non-hydrogen) atoms. The van der Waals surface area contributed by atoms with E-state index in [2.05, 4.69) is 18.3 Å². The van der Waals surface area contributed by atoms with Crippen LogP contribution in [0.25, 0.3) is 11.1 Å². The molecular weight excluding hydrogens is 388 g/mol. The predicted octanol–water partition coefficient (Wildman–Crippen LogP) is 5.74. The molecule has 2 N–H and O–H groups in total.